The van der Waals surface area contributed by atoms with Crippen molar-refractivity contribution in [2.75, 3.05) is 13.6 Å². The molecule has 3 N–H and O–H groups in total. The van der Waals surface area contributed by atoms with Crippen LogP contribution in [0.1, 0.15) is 18.4 Å². The van der Waals surface area contributed by atoms with Crippen molar-refractivity contribution < 1.29 is 14.7 Å². The van der Waals surface area contributed by atoms with E-state index in [4.69, 9.17) is 10.8 Å². The first-order valence-corrected chi connectivity index (χ1v) is 6.27. The van der Waals surface area contributed by atoms with Crippen molar-refractivity contribution in [2.24, 2.45) is 5.73 Å². The van der Waals surface area contributed by atoms with Crippen molar-refractivity contribution in [2.45, 2.75) is 25.3 Å². The van der Waals surface area contributed by atoms with Gasteiger partial charge >= 0.3 is 5.97 Å². The second kappa shape index (κ2) is 7.53. The Balaban J connectivity index is 0.000000218. The SMILES string of the molecule is CN1CCCC1=O.N[C@@H](Cc1ccccc1)C(=O)O. The molecule has 1 aliphatic rings. The highest BCUT2D eigenvalue weighted by atomic mass is 16.4. The highest BCUT2D eigenvalue weighted by Gasteiger charge is 2.14. The smallest absolute Gasteiger partial charge is 0.320 e. The van der Waals surface area contributed by atoms with Crippen molar-refractivity contribution in [3.05, 3.63) is 35.9 Å². The molecular weight excluding hydrogens is 244 g/mol. The Morgan fingerprint density at radius 1 is 1.42 bits per heavy atom. The third kappa shape index (κ3) is 5.52. The van der Waals surface area contributed by atoms with Crippen LogP contribution < -0.4 is 5.73 Å². The molecule has 1 saturated heterocycles. The van der Waals surface area contributed by atoms with Gasteiger partial charge in [-0.1, -0.05) is 30.3 Å². The summed E-state index contributed by atoms with van der Waals surface area (Å²) in [6, 6.07) is 8.54. The van der Waals surface area contributed by atoms with E-state index < -0.39 is 12.0 Å². The Morgan fingerprint density at radius 3 is 2.42 bits per heavy atom. The molecule has 2 rings (SSSR count). The number of carbonyl (C=O) groups is 2. The topological polar surface area (TPSA) is 83.6 Å². The molecule has 5 heteroatoms. The van der Waals surface area contributed by atoms with Gasteiger partial charge in [-0.05, 0) is 18.4 Å². The van der Waals surface area contributed by atoms with Gasteiger partial charge in [0, 0.05) is 20.0 Å². The summed E-state index contributed by atoms with van der Waals surface area (Å²) in [6.07, 6.45) is 2.20. The third-order valence-corrected chi connectivity index (χ3v) is 2.93. The van der Waals surface area contributed by atoms with Crippen molar-refractivity contribution in [1.82, 2.24) is 4.90 Å². The fourth-order valence-corrected chi connectivity index (χ4v) is 1.74. The van der Waals surface area contributed by atoms with E-state index in [1.165, 1.54) is 0 Å². The Bertz CT molecular complexity index is 420. The predicted octanol–water partition coefficient (Wildman–Crippen LogP) is 0.880. The number of amides is 1. The second-order valence-corrected chi connectivity index (χ2v) is 4.55. The van der Waals surface area contributed by atoms with Crippen molar-refractivity contribution in [3.8, 4) is 0 Å². The molecule has 0 radical (unpaired) electrons. The fourth-order valence-electron chi connectivity index (χ4n) is 1.74. The second-order valence-electron chi connectivity index (χ2n) is 4.55. The number of rotatable bonds is 3. The summed E-state index contributed by atoms with van der Waals surface area (Å²) < 4.78 is 0. The van der Waals surface area contributed by atoms with E-state index >= 15 is 0 Å². The van der Waals surface area contributed by atoms with E-state index in [1.807, 2.05) is 37.4 Å². The van der Waals surface area contributed by atoms with Crippen molar-refractivity contribution in [1.29, 1.82) is 0 Å². The Morgan fingerprint density at radius 2 is 2.05 bits per heavy atom. The number of nitrogens with two attached hydrogens (primary N) is 1. The minimum atomic E-state index is -0.959. The van der Waals surface area contributed by atoms with Crippen molar-refractivity contribution >= 4 is 11.9 Å². The van der Waals surface area contributed by atoms with E-state index in [2.05, 4.69) is 0 Å². The summed E-state index contributed by atoms with van der Waals surface area (Å²) >= 11 is 0. The van der Waals surface area contributed by atoms with E-state index in [9.17, 15) is 9.59 Å². The van der Waals surface area contributed by atoms with Crippen LogP contribution in [-0.2, 0) is 16.0 Å². The van der Waals surface area contributed by atoms with Crippen LogP contribution in [-0.4, -0.2) is 41.5 Å². The van der Waals surface area contributed by atoms with Crippen LogP contribution in [0.15, 0.2) is 30.3 Å². The van der Waals surface area contributed by atoms with Gasteiger partial charge in [0.15, 0.2) is 0 Å². The first-order chi connectivity index (χ1) is 9.00. The molecule has 0 aliphatic carbocycles. The minimum Gasteiger partial charge on any atom is -0.480 e. The maximum atomic E-state index is 10.5. The van der Waals surface area contributed by atoms with Crippen LogP contribution in [0.3, 0.4) is 0 Å². The molecule has 1 aliphatic heterocycles. The summed E-state index contributed by atoms with van der Waals surface area (Å²) in [7, 11) is 1.84. The fraction of sp³-hybridized carbons (Fsp3) is 0.429. The standard InChI is InChI=1S/C9H11NO2.C5H9NO/c10-8(9(11)12)6-7-4-2-1-3-5-7;1-6-4-2-3-5(6)7/h1-5,8H,6,10H2,(H,11,12);2-4H2,1H3/t8-;/m0./s1. The number of likely N-dealkylation sites (tertiary alicyclic amines) is 1. The molecule has 5 nitrogen and oxygen atoms in total. The third-order valence-electron chi connectivity index (χ3n) is 2.93. The number of hydrogen-bond donors (Lipinski definition) is 2. The molecule has 0 unspecified atom stereocenters. The lowest BCUT2D eigenvalue weighted by atomic mass is 10.1. The summed E-state index contributed by atoms with van der Waals surface area (Å²) in [5.74, 6) is -0.668. The molecular formula is C14H20N2O3. The van der Waals surface area contributed by atoms with Gasteiger partial charge < -0.3 is 15.7 Å². The molecule has 1 aromatic carbocycles. The largest absolute Gasteiger partial charge is 0.480 e. The van der Waals surface area contributed by atoms with Gasteiger partial charge in [-0.25, -0.2) is 0 Å². The van der Waals surface area contributed by atoms with Gasteiger partial charge in [0.2, 0.25) is 5.91 Å². The maximum absolute atomic E-state index is 10.5. The van der Waals surface area contributed by atoms with Crippen LogP contribution in [0, 0.1) is 0 Å². The molecule has 0 aromatic heterocycles. The number of carboxylic acid groups (broad SMARTS) is 1. The van der Waals surface area contributed by atoms with Crippen LogP contribution in [0.2, 0.25) is 0 Å². The van der Waals surface area contributed by atoms with Gasteiger partial charge in [0.25, 0.3) is 0 Å². The first-order valence-electron chi connectivity index (χ1n) is 6.27. The number of hydrogen-bond acceptors (Lipinski definition) is 3. The van der Waals surface area contributed by atoms with Gasteiger partial charge in [0.1, 0.15) is 6.04 Å². The van der Waals surface area contributed by atoms with Gasteiger partial charge in [0.05, 0.1) is 0 Å². The Labute approximate surface area is 113 Å². The lowest BCUT2D eigenvalue weighted by Crippen LogP contribution is -2.32. The molecule has 1 atom stereocenters. The van der Waals surface area contributed by atoms with E-state index in [1.54, 1.807) is 4.90 Å². The normalized spacial score (nSPS) is 15.7. The summed E-state index contributed by atoms with van der Waals surface area (Å²) in [6.45, 7) is 0.957. The molecule has 1 fully saturated rings. The zero-order valence-electron chi connectivity index (χ0n) is 11.1. The van der Waals surface area contributed by atoms with Gasteiger partial charge in [-0.15, -0.1) is 0 Å². The molecule has 0 bridgehead atoms. The molecule has 19 heavy (non-hydrogen) atoms. The molecule has 104 valence electrons. The quantitative estimate of drug-likeness (QED) is 0.849. The van der Waals surface area contributed by atoms with Gasteiger partial charge in [-0.2, -0.15) is 0 Å². The van der Waals surface area contributed by atoms with E-state index in [-0.39, 0.29) is 0 Å². The number of nitrogens with zero attached hydrogens (tertiary/aromatic N) is 1. The summed E-state index contributed by atoms with van der Waals surface area (Å²) in [4.78, 5) is 22.6. The minimum absolute atomic E-state index is 0.292. The van der Waals surface area contributed by atoms with Crippen LogP contribution in [0.4, 0.5) is 0 Å². The highest BCUT2D eigenvalue weighted by Crippen LogP contribution is 2.04. The summed E-state index contributed by atoms with van der Waals surface area (Å²) in [5, 5.41) is 8.52. The number of aliphatic carboxylic acids is 1. The maximum Gasteiger partial charge on any atom is 0.320 e. The Hall–Kier alpha value is -1.88. The predicted molar refractivity (Wildman–Crippen MR) is 72.6 cm³/mol. The molecule has 0 saturated carbocycles. The van der Waals surface area contributed by atoms with Crippen LogP contribution in [0.5, 0.6) is 0 Å². The Kier molecular flexibility index (Phi) is 6.02. The lowest BCUT2D eigenvalue weighted by molar-refractivity contribution is -0.138. The van der Waals surface area contributed by atoms with Crippen LogP contribution in [0.25, 0.3) is 0 Å². The molecule has 1 aromatic rings. The average molecular weight is 264 g/mol. The number of carboxylic acids is 1. The molecule has 1 amide bonds. The monoisotopic (exact) mass is 264 g/mol. The lowest BCUT2D eigenvalue weighted by Gasteiger charge is -2.04. The van der Waals surface area contributed by atoms with Crippen LogP contribution >= 0.6 is 0 Å². The average Bonchev–Trinajstić information content (AvgIpc) is 2.75. The number of carbonyl (C=O) groups excluding carboxylic acids is 1. The number of benzene rings is 1. The molecule has 1 heterocycles. The van der Waals surface area contributed by atoms with E-state index in [0.29, 0.717) is 12.3 Å². The van der Waals surface area contributed by atoms with Gasteiger partial charge in [-0.3, -0.25) is 9.59 Å². The van der Waals surface area contributed by atoms with Crippen molar-refractivity contribution in [3.63, 3.8) is 0 Å². The molecule has 0 spiro atoms. The zero-order chi connectivity index (χ0) is 14.3. The highest BCUT2D eigenvalue weighted by molar-refractivity contribution is 5.77. The zero-order valence-corrected chi connectivity index (χ0v) is 11.1. The first kappa shape index (κ1) is 15.2. The van der Waals surface area contributed by atoms with E-state index in [0.717, 1.165) is 24.9 Å². The summed E-state index contributed by atoms with van der Waals surface area (Å²) in [5.41, 5.74) is 6.30.